The SMILES string of the molecule is CCN(COC(C)Cc1ccccc1)C(=O)OCc1ccc(O[C@@H]2OC(C(=O)OC)C(OC(C)=O)[C@H](OC(C)=O)C2OC(C)=O)c([N+](=O)[O-])c1. The topological polar surface area (TPSA) is 206 Å². The van der Waals surface area contributed by atoms with Gasteiger partial charge in [-0.2, -0.15) is 0 Å². The van der Waals surface area contributed by atoms with Gasteiger partial charge in [0.15, 0.2) is 24.1 Å². The molecule has 0 spiro atoms. The van der Waals surface area contributed by atoms with E-state index in [1.807, 2.05) is 37.3 Å². The second kappa shape index (κ2) is 18.5. The Morgan fingerprint density at radius 1 is 0.900 bits per heavy atom. The predicted molar refractivity (Wildman–Crippen MR) is 169 cm³/mol. The second-order valence-corrected chi connectivity index (χ2v) is 11.1. The fourth-order valence-electron chi connectivity index (χ4n) is 4.93. The number of hydrogen-bond donors (Lipinski definition) is 0. The quantitative estimate of drug-likeness (QED) is 0.0858. The van der Waals surface area contributed by atoms with Gasteiger partial charge in [0.05, 0.1) is 18.1 Å². The van der Waals surface area contributed by atoms with Crippen molar-refractivity contribution in [1.82, 2.24) is 4.90 Å². The number of hydrogen-bond acceptors (Lipinski definition) is 15. The number of amides is 1. The highest BCUT2D eigenvalue weighted by Gasteiger charge is 2.56. The second-order valence-electron chi connectivity index (χ2n) is 11.1. The van der Waals surface area contributed by atoms with Crippen molar-refractivity contribution >= 4 is 35.7 Å². The number of carbonyl (C=O) groups is 5. The van der Waals surface area contributed by atoms with Crippen molar-refractivity contribution in [3.05, 3.63) is 69.8 Å². The van der Waals surface area contributed by atoms with Crippen LogP contribution in [0, 0.1) is 10.1 Å². The summed E-state index contributed by atoms with van der Waals surface area (Å²) in [5.74, 6) is -4.21. The molecule has 6 atom stereocenters. The molecule has 0 saturated carbocycles. The van der Waals surface area contributed by atoms with Crippen molar-refractivity contribution in [3.8, 4) is 5.75 Å². The van der Waals surface area contributed by atoms with E-state index in [1.165, 1.54) is 17.0 Å². The van der Waals surface area contributed by atoms with Gasteiger partial charge in [-0.25, -0.2) is 9.59 Å². The summed E-state index contributed by atoms with van der Waals surface area (Å²) in [6.45, 7) is 6.56. The molecule has 17 nitrogen and oxygen atoms in total. The van der Waals surface area contributed by atoms with E-state index in [2.05, 4.69) is 0 Å². The lowest BCUT2D eigenvalue weighted by atomic mass is 9.97. The number of nitrogens with zero attached hydrogens (tertiary/aromatic N) is 2. The number of methoxy groups -OCH3 is 1. The lowest BCUT2D eigenvalue weighted by Gasteiger charge is -2.42. The van der Waals surface area contributed by atoms with Crippen molar-refractivity contribution < 1.29 is 66.8 Å². The number of ether oxygens (including phenoxy) is 8. The number of rotatable bonds is 15. The first-order chi connectivity index (χ1) is 23.7. The highest BCUT2D eigenvalue weighted by molar-refractivity contribution is 5.77. The minimum Gasteiger partial charge on any atom is -0.467 e. The molecule has 0 radical (unpaired) electrons. The molecule has 0 aliphatic carbocycles. The Labute approximate surface area is 287 Å². The van der Waals surface area contributed by atoms with Crippen LogP contribution in [0.25, 0.3) is 0 Å². The number of carbonyl (C=O) groups excluding carboxylic acids is 5. The fraction of sp³-hybridized carbons (Fsp3) is 0.485. The molecule has 2 aromatic rings. The van der Waals surface area contributed by atoms with Crippen LogP contribution in [0.15, 0.2) is 48.5 Å². The van der Waals surface area contributed by atoms with Crippen molar-refractivity contribution in [3.63, 3.8) is 0 Å². The Morgan fingerprint density at radius 2 is 1.52 bits per heavy atom. The fourth-order valence-corrected chi connectivity index (χ4v) is 4.93. The van der Waals surface area contributed by atoms with Crippen LogP contribution in [0.4, 0.5) is 10.5 Å². The molecule has 1 saturated heterocycles. The van der Waals surface area contributed by atoms with Crippen LogP contribution < -0.4 is 4.74 Å². The Hall–Kier alpha value is -5.29. The summed E-state index contributed by atoms with van der Waals surface area (Å²) in [4.78, 5) is 74.1. The smallest absolute Gasteiger partial charge is 0.411 e. The molecule has 2 aromatic carbocycles. The van der Waals surface area contributed by atoms with E-state index in [-0.39, 0.29) is 31.5 Å². The summed E-state index contributed by atoms with van der Waals surface area (Å²) in [7, 11) is 1.01. The van der Waals surface area contributed by atoms with Gasteiger partial charge in [-0.05, 0) is 37.5 Å². The molecule has 0 aromatic heterocycles. The van der Waals surface area contributed by atoms with Crippen LogP contribution in [0.1, 0.15) is 45.7 Å². The van der Waals surface area contributed by atoms with Crippen LogP contribution in [0.5, 0.6) is 5.75 Å². The van der Waals surface area contributed by atoms with E-state index >= 15 is 0 Å². The monoisotopic (exact) mass is 704 g/mol. The van der Waals surface area contributed by atoms with Gasteiger partial charge in [-0.1, -0.05) is 36.4 Å². The average molecular weight is 705 g/mol. The van der Waals surface area contributed by atoms with Crippen molar-refractivity contribution in [2.45, 2.75) is 84.5 Å². The van der Waals surface area contributed by atoms with E-state index in [1.54, 1.807) is 6.92 Å². The van der Waals surface area contributed by atoms with E-state index in [0.29, 0.717) is 6.42 Å². The number of benzene rings is 2. The minimum absolute atomic E-state index is 0.0413. The molecular weight excluding hydrogens is 664 g/mol. The lowest BCUT2D eigenvalue weighted by molar-refractivity contribution is -0.387. The summed E-state index contributed by atoms with van der Waals surface area (Å²) in [5, 5.41) is 12.1. The summed E-state index contributed by atoms with van der Waals surface area (Å²) >= 11 is 0. The minimum atomic E-state index is -1.82. The van der Waals surface area contributed by atoms with Gasteiger partial charge in [0.1, 0.15) is 13.3 Å². The van der Waals surface area contributed by atoms with E-state index in [9.17, 15) is 34.1 Å². The Morgan fingerprint density at radius 3 is 2.10 bits per heavy atom. The number of nitro benzene ring substituents is 1. The Kier molecular flexibility index (Phi) is 14.5. The lowest BCUT2D eigenvalue weighted by Crippen LogP contribution is -2.64. The van der Waals surface area contributed by atoms with E-state index < -0.39 is 77.0 Å². The van der Waals surface area contributed by atoms with Gasteiger partial charge in [0.2, 0.25) is 12.4 Å². The summed E-state index contributed by atoms with van der Waals surface area (Å²) in [6.07, 6.45) is -8.84. The number of nitro groups is 1. The molecule has 1 heterocycles. The average Bonchev–Trinajstić information content (AvgIpc) is 3.06. The molecule has 4 unspecified atom stereocenters. The summed E-state index contributed by atoms with van der Waals surface area (Å²) < 4.78 is 43.2. The van der Waals surface area contributed by atoms with Crippen LogP contribution >= 0.6 is 0 Å². The number of esters is 4. The predicted octanol–water partition coefficient (Wildman–Crippen LogP) is 3.23. The van der Waals surface area contributed by atoms with Crippen LogP contribution in [0.3, 0.4) is 0 Å². The maximum Gasteiger partial charge on any atom is 0.411 e. The molecule has 272 valence electrons. The standard InChI is InChI=1S/C33H40N2O15/c1-7-34(18-45-19(2)15-23-11-9-8-10-12-23)33(40)44-17-24-13-14-26(25(16-24)35(41)42)49-32-30(48-22(5)38)28(47-21(4)37)27(46-20(3)36)29(50-32)31(39)43-6/h8-14,16,19,27-30,32H,7,15,17-18H2,1-6H3/t19?,27?,28-,29?,30?,32+/m0/s1. The molecule has 1 aliphatic rings. The molecule has 50 heavy (non-hydrogen) atoms. The van der Waals surface area contributed by atoms with Crippen molar-refractivity contribution in [2.24, 2.45) is 0 Å². The zero-order chi connectivity index (χ0) is 37.0. The highest BCUT2D eigenvalue weighted by Crippen LogP contribution is 2.35. The maximum atomic E-state index is 12.8. The van der Waals surface area contributed by atoms with Crippen LogP contribution in [-0.2, 0) is 65.4 Å². The molecule has 0 bridgehead atoms. The van der Waals surface area contributed by atoms with Gasteiger partial charge in [0, 0.05) is 33.4 Å². The molecular formula is C33H40N2O15. The largest absolute Gasteiger partial charge is 0.467 e. The van der Waals surface area contributed by atoms with Crippen LogP contribution in [-0.4, -0.2) is 97.0 Å². The zero-order valence-electron chi connectivity index (χ0n) is 28.4. The van der Waals surface area contributed by atoms with Gasteiger partial charge >= 0.3 is 35.7 Å². The first-order valence-corrected chi connectivity index (χ1v) is 15.5. The molecule has 17 heteroatoms. The van der Waals surface area contributed by atoms with Crippen molar-refractivity contribution in [1.29, 1.82) is 0 Å². The maximum absolute atomic E-state index is 12.8. The van der Waals surface area contributed by atoms with Gasteiger partial charge in [-0.15, -0.1) is 0 Å². The van der Waals surface area contributed by atoms with Gasteiger partial charge in [0.25, 0.3) is 0 Å². The molecule has 1 aliphatic heterocycles. The van der Waals surface area contributed by atoms with Crippen LogP contribution in [0.2, 0.25) is 0 Å². The summed E-state index contributed by atoms with van der Waals surface area (Å²) in [6, 6.07) is 13.3. The highest BCUT2D eigenvalue weighted by atomic mass is 16.7. The van der Waals surface area contributed by atoms with E-state index in [0.717, 1.165) is 39.5 Å². The van der Waals surface area contributed by atoms with Crippen molar-refractivity contribution in [2.75, 3.05) is 20.4 Å². The Balaban J connectivity index is 1.79. The van der Waals surface area contributed by atoms with Gasteiger partial charge < -0.3 is 37.9 Å². The first kappa shape index (κ1) is 39.2. The molecule has 1 amide bonds. The normalized spacial score (nSPS) is 20.4. The Bertz CT molecular complexity index is 1520. The van der Waals surface area contributed by atoms with Gasteiger partial charge in [-0.3, -0.25) is 29.4 Å². The zero-order valence-corrected chi connectivity index (χ0v) is 28.4. The third kappa shape index (κ3) is 11.1. The third-order valence-corrected chi connectivity index (χ3v) is 7.18. The molecule has 0 N–H and O–H groups in total. The summed E-state index contributed by atoms with van der Waals surface area (Å²) in [5.41, 5.74) is 0.679. The molecule has 3 rings (SSSR count). The molecule has 1 fully saturated rings. The third-order valence-electron chi connectivity index (χ3n) is 7.18. The van der Waals surface area contributed by atoms with E-state index in [4.69, 9.17) is 37.9 Å². The first-order valence-electron chi connectivity index (χ1n) is 15.5.